The summed E-state index contributed by atoms with van der Waals surface area (Å²) >= 11 is 0. The third-order valence-electron chi connectivity index (χ3n) is 2.34. The van der Waals surface area contributed by atoms with Gasteiger partial charge in [0, 0.05) is 23.9 Å². The van der Waals surface area contributed by atoms with Gasteiger partial charge in [-0.1, -0.05) is 0 Å². The Bertz CT molecular complexity index is 600. The lowest BCUT2D eigenvalue weighted by molar-refractivity contribution is 0.320. The van der Waals surface area contributed by atoms with Crippen molar-refractivity contribution in [2.75, 3.05) is 12.3 Å². The van der Waals surface area contributed by atoms with E-state index in [0.29, 0.717) is 30.2 Å². The van der Waals surface area contributed by atoms with E-state index >= 15 is 0 Å². The summed E-state index contributed by atoms with van der Waals surface area (Å²) in [5, 5.41) is 0. The summed E-state index contributed by atoms with van der Waals surface area (Å²) in [5.74, 6) is 0.691. The lowest BCUT2D eigenvalue weighted by atomic mass is 10.3. The minimum absolute atomic E-state index is 0.364. The van der Waals surface area contributed by atoms with Gasteiger partial charge in [0.1, 0.15) is 5.75 Å². The number of H-pyrrole nitrogens is 2. The SMILES string of the molecule is Nc1ccc(OCCc2cc(=O)[nH]c(=O)[nH]2)cc1. The molecule has 6 nitrogen and oxygen atoms in total. The van der Waals surface area contributed by atoms with Crippen LogP contribution in [0.3, 0.4) is 0 Å². The lowest BCUT2D eigenvalue weighted by Crippen LogP contribution is -2.23. The van der Waals surface area contributed by atoms with Crippen molar-refractivity contribution in [2.24, 2.45) is 0 Å². The third-order valence-corrected chi connectivity index (χ3v) is 2.34. The highest BCUT2D eigenvalue weighted by Gasteiger charge is 1.98. The Hall–Kier alpha value is -2.50. The van der Waals surface area contributed by atoms with Gasteiger partial charge in [-0.05, 0) is 24.3 Å². The molecule has 0 amide bonds. The summed E-state index contributed by atoms with van der Waals surface area (Å²) in [6, 6.07) is 8.34. The molecule has 94 valence electrons. The summed E-state index contributed by atoms with van der Waals surface area (Å²) in [5.41, 5.74) is 5.83. The van der Waals surface area contributed by atoms with Gasteiger partial charge in [0.05, 0.1) is 6.61 Å². The molecule has 2 aromatic rings. The molecule has 4 N–H and O–H groups in total. The first-order valence-electron chi connectivity index (χ1n) is 5.44. The molecule has 18 heavy (non-hydrogen) atoms. The molecule has 2 rings (SSSR count). The standard InChI is InChI=1S/C12H13N3O3/c13-8-1-3-10(4-2-8)18-6-5-9-7-11(16)15-12(17)14-9/h1-4,7H,5-6,13H2,(H2,14,15,16,17). The Morgan fingerprint density at radius 2 is 1.83 bits per heavy atom. The minimum atomic E-state index is -0.509. The minimum Gasteiger partial charge on any atom is -0.493 e. The normalized spacial score (nSPS) is 10.2. The molecule has 0 spiro atoms. The van der Waals surface area contributed by atoms with Crippen molar-refractivity contribution < 1.29 is 4.74 Å². The number of aromatic amines is 2. The molecular formula is C12H13N3O3. The van der Waals surface area contributed by atoms with Gasteiger partial charge in [0.15, 0.2) is 0 Å². The van der Waals surface area contributed by atoms with Crippen molar-refractivity contribution in [3.8, 4) is 5.75 Å². The molecular weight excluding hydrogens is 234 g/mol. The van der Waals surface area contributed by atoms with Crippen LogP contribution in [0.1, 0.15) is 5.69 Å². The number of aromatic nitrogens is 2. The van der Waals surface area contributed by atoms with E-state index in [1.807, 2.05) is 0 Å². The molecule has 1 heterocycles. The molecule has 0 aliphatic rings. The molecule has 0 bridgehead atoms. The van der Waals surface area contributed by atoms with Crippen LogP contribution in [0, 0.1) is 0 Å². The topological polar surface area (TPSA) is 101 Å². The quantitative estimate of drug-likeness (QED) is 0.675. The van der Waals surface area contributed by atoms with Crippen LogP contribution in [0.2, 0.25) is 0 Å². The summed E-state index contributed by atoms with van der Waals surface area (Å²) in [6.45, 7) is 0.364. The second-order valence-electron chi connectivity index (χ2n) is 3.78. The molecule has 0 atom stereocenters. The number of hydrogen-bond acceptors (Lipinski definition) is 4. The number of nitrogens with one attached hydrogen (secondary N) is 2. The van der Waals surface area contributed by atoms with Gasteiger partial charge in [0.2, 0.25) is 0 Å². The van der Waals surface area contributed by atoms with E-state index in [1.54, 1.807) is 24.3 Å². The molecule has 1 aromatic carbocycles. The van der Waals surface area contributed by atoms with E-state index in [4.69, 9.17) is 10.5 Å². The monoisotopic (exact) mass is 247 g/mol. The van der Waals surface area contributed by atoms with Crippen LogP contribution in [0.15, 0.2) is 39.9 Å². The van der Waals surface area contributed by atoms with Crippen LogP contribution in [-0.4, -0.2) is 16.6 Å². The maximum absolute atomic E-state index is 11.1. The second-order valence-corrected chi connectivity index (χ2v) is 3.78. The Labute approximate surface area is 102 Å². The highest BCUT2D eigenvalue weighted by atomic mass is 16.5. The summed E-state index contributed by atoms with van der Waals surface area (Å²) < 4.78 is 5.45. The van der Waals surface area contributed by atoms with Crippen LogP contribution in [0.4, 0.5) is 5.69 Å². The fourth-order valence-electron chi connectivity index (χ4n) is 1.50. The molecule has 0 unspecified atom stereocenters. The van der Waals surface area contributed by atoms with E-state index in [2.05, 4.69) is 9.97 Å². The van der Waals surface area contributed by atoms with Gasteiger partial charge in [-0.2, -0.15) is 0 Å². The first-order chi connectivity index (χ1) is 8.63. The van der Waals surface area contributed by atoms with Gasteiger partial charge < -0.3 is 15.5 Å². The fraction of sp³-hybridized carbons (Fsp3) is 0.167. The van der Waals surface area contributed by atoms with Crippen LogP contribution >= 0.6 is 0 Å². The van der Waals surface area contributed by atoms with Crippen molar-refractivity contribution >= 4 is 5.69 Å². The highest BCUT2D eigenvalue weighted by molar-refractivity contribution is 5.41. The first-order valence-corrected chi connectivity index (χ1v) is 5.44. The van der Waals surface area contributed by atoms with E-state index < -0.39 is 11.2 Å². The van der Waals surface area contributed by atoms with Crippen molar-refractivity contribution in [1.82, 2.24) is 9.97 Å². The summed E-state index contributed by atoms with van der Waals surface area (Å²) in [4.78, 5) is 26.7. The van der Waals surface area contributed by atoms with E-state index in [1.165, 1.54) is 6.07 Å². The number of ether oxygens (including phenoxy) is 1. The van der Waals surface area contributed by atoms with E-state index in [9.17, 15) is 9.59 Å². The zero-order valence-corrected chi connectivity index (χ0v) is 9.60. The summed E-state index contributed by atoms with van der Waals surface area (Å²) in [6.07, 6.45) is 0.448. The number of rotatable bonds is 4. The Morgan fingerprint density at radius 1 is 1.11 bits per heavy atom. The van der Waals surface area contributed by atoms with Gasteiger partial charge in [-0.15, -0.1) is 0 Å². The number of hydrogen-bond donors (Lipinski definition) is 3. The zero-order valence-electron chi connectivity index (χ0n) is 9.60. The molecule has 0 saturated carbocycles. The van der Waals surface area contributed by atoms with Crippen LogP contribution < -0.4 is 21.7 Å². The summed E-state index contributed by atoms with van der Waals surface area (Å²) in [7, 11) is 0. The molecule has 0 radical (unpaired) electrons. The smallest absolute Gasteiger partial charge is 0.325 e. The van der Waals surface area contributed by atoms with Crippen molar-refractivity contribution in [3.05, 3.63) is 56.9 Å². The Balaban J connectivity index is 1.94. The number of anilines is 1. The largest absolute Gasteiger partial charge is 0.493 e. The van der Waals surface area contributed by atoms with Crippen molar-refractivity contribution in [1.29, 1.82) is 0 Å². The molecule has 0 aliphatic carbocycles. The predicted molar refractivity (Wildman–Crippen MR) is 67.7 cm³/mol. The van der Waals surface area contributed by atoms with Gasteiger partial charge in [-0.3, -0.25) is 9.78 Å². The van der Waals surface area contributed by atoms with Crippen LogP contribution in [0.25, 0.3) is 0 Å². The molecule has 0 saturated heterocycles. The third kappa shape index (κ3) is 3.24. The van der Waals surface area contributed by atoms with E-state index in [-0.39, 0.29) is 0 Å². The first kappa shape index (κ1) is 12.0. The average molecular weight is 247 g/mol. The van der Waals surface area contributed by atoms with Gasteiger partial charge in [-0.25, -0.2) is 4.79 Å². The maximum atomic E-state index is 11.1. The number of nitrogen functional groups attached to an aromatic ring is 1. The van der Waals surface area contributed by atoms with Crippen LogP contribution in [-0.2, 0) is 6.42 Å². The molecule has 0 aliphatic heterocycles. The van der Waals surface area contributed by atoms with Crippen LogP contribution in [0.5, 0.6) is 5.75 Å². The zero-order chi connectivity index (χ0) is 13.0. The molecule has 1 aromatic heterocycles. The fourth-order valence-corrected chi connectivity index (χ4v) is 1.50. The lowest BCUT2D eigenvalue weighted by Gasteiger charge is -2.05. The van der Waals surface area contributed by atoms with Gasteiger partial charge >= 0.3 is 5.69 Å². The Morgan fingerprint density at radius 3 is 2.50 bits per heavy atom. The van der Waals surface area contributed by atoms with Crippen molar-refractivity contribution in [3.63, 3.8) is 0 Å². The average Bonchev–Trinajstić information content (AvgIpc) is 2.30. The molecule has 6 heteroatoms. The van der Waals surface area contributed by atoms with E-state index in [0.717, 1.165) is 0 Å². The predicted octanol–water partition coefficient (Wildman–Crippen LogP) is 0.267. The van der Waals surface area contributed by atoms with Gasteiger partial charge in [0.25, 0.3) is 5.56 Å². The molecule has 0 fully saturated rings. The second kappa shape index (κ2) is 5.22. The Kier molecular flexibility index (Phi) is 3.47. The number of nitrogens with two attached hydrogens (primary N) is 1. The number of benzene rings is 1. The highest BCUT2D eigenvalue weighted by Crippen LogP contribution is 2.13. The maximum Gasteiger partial charge on any atom is 0.325 e. The van der Waals surface area contributed by atoms with Crippen molar-refractivity contribution in [2.45, 2.75) is 6.42 Å².